The highest BCUT2D eigenvalue weighted by Gasteiger charge is 2.29. The lowest BCUT2D eigenvalue weighted by molar-refractivity contribution is 0.343. The zero-order valence-electron chi connectivity index (χ0n) is 20.3. The molecule has 9 heteroatoms. The number of allylic oxidation sites excluding steroid dienone is 4. The van der Waals surface area contributed by atoms with Gasteiger partial charge in [-0.25, -0.2) is 12.8 Å². The van der Waals surface area contributed by atoms with Crippen LogP contribution in [0.4, 0.5) is 4.39 Å². The van der Waals surface area contributed by atoms with Crippen LogP contribution in [-0.4, -0.2) is 36.6 Å². The fraction of sp³-hybridized carbons (Fsp3) is 0.250. The topological polar surface area (TPSA) is 61.2 Å². The molecule has 3 aromatic carbocycles. The first-order valence-electron chi connectivity index (χ1n) is 11.9. The number of ether oxygens (including phenoxy) is 1. The third kappa shape index (κ3) is 5.84. The van der Waals surface area contributed by atoms with E-state index >= 15 is 0 Å². The average molecular weight is 562 g/mol. The van der Waals surface area contributed by atoms with Crippen LogP contribution >= 0.6 is 23.2 Å². The van der Waals surface area contributed by atoms with Gasteiger partial charge in [0, 0.05) is 22.7 Å². The maximum Gasteiger partial charge on any atom is 0.226 e. The van der Waals surface area contributed by atoms with Crippen molar-refractivity contribution in [3.05, 3.63) is 84.2 Å². The molecule has 37 heavy (non-hydrogen) atoms. The summed E-state index contributed by atoms with van der Waals surface area (Å²) in [5, 5.41) is 5.80. The summed E-state index contributed by atoms with van der Waals surface area (Å²) in [6.07, 6.45) is 7.46. The molecule has 0 bridgehead atoms. The maximum atomic E-state index is 14.8. The largest absolute Gasteiger partial charge is 0.490 e. The second-order valence-corrected chi connectivity index (χ2v) is 10.9. The first-order chi connectivity index (χ1) is 17.9. The molecule has 0 N–H and O–H groups in total. The molecule has 0 aliphatic heterocycles. The van der Waals surface area contributed by atoms with Crippen LogP contribution in [0.15, 0.2) is 88.3 Å². The Hall–Kier alpha value is -2.87. The number of hydrogen-bond donors (Lipinski definition) is 0. The molecular formula is C28H27Cl2FN2O3S. The summed E-state index contributed by atoms with van der Waals surface area (Å²) in [5.74, 6) is 0.0251. The molecule has 0 aliphatic rings. The molecule has 0 fully saturated rings. The second kappa shape index (κ2) is 12.1. The van der Waals surface area contributed by atoms with Gasteiger partial charge in [0.1, 0.15) is 23.7 Å². The molecule has 0 atom stereocenters. The molecule has 1 heterocycles. The van der Waals surface area contributed by atoms with Crippen molar-refractivity contribution in [2.75, 3.05) is 18.4 Å². The van der Waals surface area contributed by atoms with E-state index in [2.05, 4.69) is 5.10 Å². The van der Waals surface area contributed by atoms with Gasteiger partial charge < -0.3 is 4.74 Å². The normalized spacial score (nSPS) is 12.7. The van der Waals surface area contributed by atoms with Crippen molar-refractivity contribution in [3.8, 4) is 5.75 Å². The monoisotopic (exact) mass is 560 g/mol. The third-order valence-electron chi connectivity index (χ3n) is 5.87. The molecule has 194 valence electrons. The summed E-state index contributed by atoms with van der Waals surface area (Å²) >= 11 is 11.8. The first-order valence-corrected chi connectivity index (χ1v) is 14.5. The van der Waals surface area contributed by atoms with E-state index in [9.17, 15) is 12.8 Å². The van der Waals surface area contributed by atoms with Crippen LogP contribution in [0.25, 0.3) is 21.7 Å². The van der Waals surface area contributed by atoms with Crippen molar-refractivity contribution in [2.24, 2.45) is 0 Å². The van der Waals surface area contributed by atoms with Crippen LogP contribution in [0, 0.1) is 5.82 Å². The van der Waals surface area contributed by atoms with Crippen molar-refractivity contribution in [1.82, 2.24) is 9.78 Å². The lowest BCUT2D eigenvalue weighted by Crippen LogP contribution is -2.08. The molecule has 5 nitrogen and oxygen atoms in total. The Bertz CT molecular complexity index is 1570. The quantitative estimate of drug-likeness (QED) is 0.142. The molecule has 0 saturated heterocycles. The minimum atomic E-state index is -4.13. The molecular weight excluding hydrogens is 534 g/mol. The zero-order valence-corrected chi connectivity index (χ0v) is 22.7. The van der Waals surface area contributed by atoms with Crippen molar-refractivity contribution in [3.63, 3.8) is 0 Å². The van der Waals surface area contributed by atoms with Gasteiger partial charge in [-0.1, -0.05) is 61.5 Å². The number of alkyl halides is 2. The number of benzene rings is 3. The summed E-state index contributed by atoms with van der Waals surface area (Å²) in [6.45, 7) is 2.42. The minimum Gasteiger partial charge on any atom is -0.490 e. The van der Waals surface area contributed by atoms with E-state index in [0.717, 1.165) is 17.4 Å². The molecule has 4 aromatic rings. The second-order valence-electron chi connectivity index (χ2n) is 8.38. The van der Waals surface area contributed by atoms with Crippen molar-refractivity contribution in [2.45, 2.75) is 36.2 Å². The van der Waals surface area contributed by atoms with Gasteiger partial charge in [-0.15, -0.1) is 23.2 Å². The van der Waals surface area contributed by atoms with Gasteiger partial charge >= 0.3 is 0 Å². The van der Waals surface area contributed by atoms with Crippen LogP contribution in [0.2, 0.25) is 0 Å². The number of sulfone groups is 1. The summed E-state index contributed by atoms with van der Waals surface area (Å²) < 4.78 is 50.1. The Morgan fingerprint density at radius 2 is 1.86 bits per heavy atom. The molecule has 0 unspecified atom stereocenters. The van der Waals surface area contributed by atoms with Gasteiger partial charge in [-0.3, -0.25) is 4.68 Å². The van der Waals surface area contributed by atoms with E-state index in [-0.39, 0.29) is 40.1 Å². The molecule has 0 spiro atoms. The predicted octanol–water partition coefficient (Wildman–Crippen LogP) is 7.30. The zero-order chi connectivity index (χ0) is 26.4. The fourth-order valence-electron chi connectivity index (χ4n) is 4.24. The number of halogens is 3. The van der Waals surface area contributed by atoms with E-state index in [1.54, 1.807) is 28.9 Å². The van der Waals surface area contributed by atoms with Crippen molar-refractivity contribution in [1.29, 1.82) is 0 Å². The van der Waals surface area contributed by atoms with E-state index in [1.807, 2.05) is 43.4 Å². The van der Waals surface area contributed by atoms with E-state index in [0.29, 0.717) is 23.2 Å². The predicted molar refractivity (Wildman–Crippen MR) is 148 cm³/mol. The highest BCUT2D eigenvalue weighted by atomic mass is 35.5. The van der Waals surface area contributed by atoms with Crippen molar-refractivity contribution < 1.29 is 17.5 Å². The van der Waals surface area contributed by atoms with Gasteiger partial charge in [0.2, 0.25) is 9.84 Å². The standard InChI is InChI=1S/C28H27Cl2FN2O3S/c1-2-3-4-8-20(13-14-29)19-33-27-24(17-22(31)18-25(27)36-16-15-30)28(32-33)37(34,35)26-12-7-10-21-9-5-6-11-23(21)26/h3-7,9-13,17-18H,2,8,14-16,19H2,1H3/b4-3-,20-13+. The molecule has 4 rings (SSSR count). The average Bonchev–Trinajstić information content (AvgIpc) is 3.25. The van der Waals surface area contributed by atoms with Crippen LogP contribution in [0.1, 0.15) is 19.8 Å². The maximum absolute atomic E-state index is 14.8. The van der Waals surface area contributed by atoms with E-state index in [1.165, 1.54) is 12.1 Å². The minimum absolute atomic E-state index is 0.104. The lowest BCUT2D eigenvalue weighted by Gasteiger charge is -2.11. The van der Waals surface area contributed by atoms with E-state index < -0.39 is 15.7 Å². The Morgan fingerprint density at radius 1 is 1.08 bits per heavy atom. The number of nitrogens with zero attached hydrogens (tertiary/aromatic N) is 2. The molecule has 0 amide bonds. The molecule has 0 aliphatic carbocycles. The number of fused-ring (bicyclic) bond motifs is 2. The Labute approximate surface area is 226 Å². The van der Waals surface area contributed by atoms with Crippen molar-refractivity contribution >= 4 is 54.7 Å². The smallest absolute Gasteiger partial charge is 0.226 e. The van der Waals surface area contributed by atoms with Crippen LogP contribution in [-0.2, 0) is 16.4 Å². The Kier molecular flexibility index (Phi) is 8.90. The summed E-state index contributed by atoms with van der Waals surface area (Å²) in [6, 6.07) is 14.7. The molecule has 0 radical (unpaired) electrons. The summed E-state index contributed by atoms with van der Waals surface area (Å²) in [7, 11) is -4.13. The van der Waals surface area contributed by atoms with Crippen LogP contribution in [0.5, 0.6) is 5.75 Å². The Morgan fingerprint density at radius 3 is 2.62 bits per heavy atom. The van der Waals surface area contributed by atoms with Gasteiger partial charge in [0.05, 0.1) is 17.3 Å². The third-order valence-corrected chi connectivity index (χ3v) is 7.92. The van der Waals surface area contributed by atoms with Gasteiger partial charge in [0.15, 0.2) is 5.03 Å². The fourth-order valence-corrected chi connectivity index (χ4v) is 6.13. The Balaban J connectivity index is 1.95. The lowest BCUT2D eigenvalue weighted by atomic mass is 10.1. The van der Waals surface area contributed by atoms with E-state index in [4.69, 9.17) is 27.9 Å². The van der Waals surface area contributed by atoms with Gasteiger partial charge in [-0.05, 0) is 35.9 Å². The molecule has 0 saturated carbocycles. The SMILES string of the molecule is CC/C=C\C/C(=C\CCl)Cn1nc(S(=O)(=O)c2cccc3ccccc23)c2cc(F)cc(OCCCl)c21. The summed E-state index contributed by atoms with van der Waals surface area (Å²) in [5.41, 5.74) is 1.32. The summed E-state index contributed by atoms with van der Waals surface area (Å²) in [4.78, 5) is 0.104. The highest BCUT2D eigenvalue weighted by Crippen LogP contribution is 2.36. The number of aromatic nitrogens is 2. The van der Waals surface area contributed by atoms with Gasteiger partial charge in [-0.2, -0.15) is 5.10 Å². The van der Waals surface area contributed by atoms with Crippen LogP contribution < -0.4 is 4.74 Å². The molecule has 1 aromatic heterocycles. The number of rotatable bonds is 11. The van der Waals surface area contributed by atoms with Gasteiger partial charge in [0.25, 0.3) is 0 Å². The van der Waals surface area contributed by atoms with Crippen LogP contribution in [0.3, 0.4) is 0 Å². The highest BCUT2D eigenvalue weighted by molar-refractivity contribution is 7.91. The number of hydrogen-bond acceptors (Lipinski definition) is 4. The first kappa shape index (κ1) is 27.2.